The Bertz CT molecular complexity index is 1200. The molecular formula is C22H15F3N4. The first-order valence-electron chi connectivity index (χ1n) is 9.10. The molecule has 0 N–H and O–H groups in total. The largest absolute Gasteiger partial charge is 0.344 e. The SMILES string of the molecule is Fc1ccccc1-c1ccc2nc(-c3cccnc3)nc(N3CC(F)(F)C3)c2c1. The van der Waals surface area contributed by atoms with Crippen LogP contribution in [0.4, 0.5) is 19.0 Å². The van der Waals surface area contributed by atoms with Crippen molar-refractivity contribution in [2.75, 3.05) is 18.0 Å². The second-order valence-electron chi connectivity index (χ2n) is 7.04. The predicted molar refractivity (Wildman–Crippen MR) is 105 cm³/mol. The van der Waals surface area contributed by atoms with Crippen LogP contribution >= 0.6 is 0 Å². The Labute approximate surface area is 164 Å². The summed E-state index contributed by atoms with van der Waals surface area (Å²) in [7, 11) is 0. The third-order valence-electron chi connectivity index (χ3n) is 4.92. The number of aromatic nitrogens is 3. The molecule has 5 rings (SSSR count). The van der Waals surface area contributed by atoms with Crippen molar-refractivity contribution < 1.29 is 13.2 Å². The highest BCUT2D eigenvalue weighted by Crippen LogP contribution is 2.37. The molecule has 1 fully saturated rings. The molecule has 2 aromatic heterocycles. The average Bonchev–Trinajstić information content (AvgIpc) is 2.72. The maximum Gasteiger partial charge on any atom is 0.282 e. The molecule has 4 nitrogen and oxygen atoms in total. The molecular weight excluding hydrogens is 377 g/mol. The number of hydrogen-bond acceptors (Lipinski definition) is 4. The Kier molecular flexibility index (Phi) is 3.97. The minimum atomic E-state index is -2.74. The Morgan fingerprint density at radius 1 is 0.897 bits per heavy atom. The molecule has 0 aliphatic carbocycles. The molecule has 0 bridgehead atoms. The van der Waals surface area contributed by atoms with Crippen molar-refractivity contribution in [1.82, 2.24) is 15.0 Å². The van der Waals surface area contributed by atoms with Crippen LogP contribution in [0, 0.1) is 5.82 Å². The van der Waals surface area contributed by atoms with Crippen LogP contribution in [-0.2, 0) is 0 Å². The highest BCUT2D eigenvalue weighted by Gasteiger charge is 2.45. The van der Waals surface area contributed by atoms with Crippen LogP contribution in [0.1, 0.15) is 0 Å². The second-order valence-corrected chi connectivity index (χ2v) is 7.04. The molecule has 144 valence electrons. The molecule has 0 amide bonds. The van der Waals surface area contributed by atoms with E-state index < -0.39 is 19.0 Å². The molecule has 29 heavy (non-hydrogen) atoms. The summed E-state index contributed by atoms with van der Waals surface area (Å²) in [6, 6.07) is 15.3. The molecule has 4 aromatic rings. The average molecular weight is 392 g/mol. The van der Waals surface area contributed by atoms with E-state index in [0.29, 0.717) is 39.2 Å². The van der Waals surface area contributed by atoms with Gasteiger partial charge in [-0.05, 0) is 35.9 Å². The van der Waals surface area contributed by atoms with Gasteiger partial charge in [0, 0.05) is 28.9 Å². The molecule has 0 radical (unpaired) electrons. The molecule has 1 aliphatic heterocycles. The maximum atomic E-state index is 14.3. The Hall–Kier alpha value is -3.48. The molecule has 1 saturated heterocycles. The third-order valence-corrected chi connectivity index (χ3v) is 4.92. The number of nitrogens with zero attached hydrogens (tertiary/aromatic N) is 4. The lowest BCUT2D eigenvalue weighted by molar-refractivity contribution is -0.0265. The quantitative estimate of drug-likeness (QED) is 0.495. The van der Waals surface area contributed by atoms with Crippen LogP contribution < -0.4 is 4.90 Å². The maximum absolute atomic E-state index is 14.3. The van der Waals surface area contributed by atoms with E-state index in [0.717, 1.165) is 0 Å². The van der Waals surface area contributed by atoms with Crippen molar-refractivity contribution in [2.45, 2.75) is 5.92 Å². The van der Waals surface area contributed by atoms with Gasteiger partial charge in [-0.15, -0.1) is 0 Å². The Morgan fingerprint density at radius 2 is 1.72 bits per heavy atom. The molecule has 0 atom stereocenters. The number of alkyl halides is 2. The predicted octanol–water partition coefficient (Wildman–Crippen LogP) is 4.95. The number of benzene rings is 2. The summed E-state index contributed by atoms with van der Waals surface area (Å²) >= 11 is 0. The van der Waals surface area contributed by atoms with Crippen molar-refractivity contribution in [3.63, 3.8) is 0 Å². The minimum Gasteiger partial charge on any atom is -0.344 e. The summed E-state index contributed by atoms with van der Waals surface area (Å²) in [5.41, 5.74) is 2.37. The monoisotopic (exact) mass is 392 g/mol. The summed E-state index contributed by atoms with van der Waals surface area (Å²) in [6.07, 6.45) is 3.27. The van der Waals surface area contributed by atoms with Crippen molar-refractivity contribution in [1.29, 1.82) is 0 Å². The number of hydrogen-bond donors (Lipinski definition) is 0. The summed E-state index contributed by atoms with van der Waals surface area (Å²) in [4.78, 5) is 14.7. The summed E-state index contributed by atoms with van der Waals surface area (Å²) < 4.78 is 41.4. The summed E-state index contributed by atoms with van der Waals surface area (Å²) in [5.74, 6) is -2.27. The minimum absolute atomic E-state index is 0.350. The van der Waals surface area contributed by atoms with Gasteiger partial charge in [-0.1, -0.05) is 24.3 Å². The number of pyridine rings is 1. The molecule has 0 saturated carbocycles. The van der Waals surface area contributed by atoms with Gasteiger partial charge in [-0.2, -0.15) is 0 Å². The van der Waals surface area contributed by atoms with Gasteiger partial charge in [0.1, 0.15) is 11.6 Å². The number of rotatable bonds is 3. The van der Waals surface area contributed by atoms with Gasteiger partial charge in [0.2, 0.25) is 0 Å². The van der Waals surface area contributed by atoms with Gasteiger partial charge in [0.05, 0.1) is 18.6 Å². The lowest BCUT2D eigenvalue weighted by Crippen LogP contribution is -2.56. The van der Waals surface area contributed by atoms with Crippen molar-refractivity contribution in [2.24, 2.45) is 0 Å². The fourth-order valence-corrected chi connectivity index (χ4v) is 3.50. The molecule has 7 heteroatoms. The van der Waals surface area contributed by atoms with Crippen molar-refractivity contribution in [3.8, 4) is 22.5 Å². The van der Waals surface area contributed by atoms with Crippen LogP contribution in [0.25, 0.3) is 33.4 Å². The first kappa shape index (κ1) is 17.6. The highest BCUT2D eigenvalue weighted by molar-refractivity contribution is 5.94. The normalized spacial score (nSPS) is 15.3. The van der Waals surface area contributed by atoms with Gasteiger partial charge in [-0.3, -0.25) is 4.98 Å². The standard InChI is InChI=1S/C22H15F3N4/c23-18-6-2-1-5-16(18)14-7-8-19-17(10-14)21(29-12-22(24,25)13-29)28-20(27-19)15-4-3-9-26-11-15/h1-11H,12-13H2. The van der Waals surface area contributed by atoms with Crippen molar-refractivity contribution in [3.05, 3.63) is 72.8 Å². The first-order valence-corrected chi connectivity index (χ1v) is 9.10. The number of fused-ring (bicyclic) bond motifs is 1. The summed E-state index contributed by atoms with van der Waals surface area (Å²) in [6.45, 7) is -0.814. The van der Waals surface area contributed by atoms with E-state index in [4.69, 9.17) is 0 Å². The molecule has 2 aromatic carbocycles. The van der Waals surface area contributed by atoms with Crippen LogP contribution in [-0.4, -0.2) is 34.0 Å². The van der Waals surface area contributed by atoms with E-state index in [9.17, 15) is 13.2 Å². The zero-order chi connectivity index (χ0) is 20.0. The van der Waals surface area contributed by atoms with Gasteiger partial charge in [-0.25, -0.2) is 23.1 Å². The Morgan fingerprint density at radius 3 is 2.45 bits per heavy atom. The lowest BCUT2D eigenvalue weighted by atomic mass is 10.0. The topological polar surface area (TPSA) is 41.9 Å². The highest BCUT2D eigenvalue weighted by atomic mass is 19.3. The Balaban J connectivity index is 1.69. The summed E-state index contributed by atoms with van der Waals surface area (Å²) in [5, 5.41) is 0.605. The zero-order valence-electron chi connectivity index (χ0n) is 15.2. The zero-order valence-corrected chi connectivity index (χ0v) is 15.2. The van der Waals surface area contributed by atoms with Crippen molar-refractivity contribution >= 4 is 16.7 Å². The van der Waals surface area contributed by atoms with E-state index in [2.05, 4.69) is 15.0 Å². The van der Waals surface area contributed by atoms with Crippen LogP contribution in [0.2, 0.25) is 0 Å². The van der Waals surface area contributed by atoms with Crippen LogP contribution in [0.3, 0.4) is 0 Å². The molecule has 0 unspecified atom stereocenters. The van der Waals surface area contributed by atoms with E-state index in [-0.39, 0.29) is 5.82 Å². The van der Waals surface area contributed by atoms with E-state index >= 15 is 0 Å². The smallest absolute Gasteiger partial charge is 0.282 e. The van der Waals surface area contributed by atoms with Crippen LogP contribution in [0.5, 0.6) is 0 Å². The van der Waals surface area contributed by atoms with Gasteiger partial charge < -0.3 is 4.90 Å². The van der Waals surface area contributed by atoms with E-state index in [1.54, 1.807) is 54.9 Å². The van der Waals surface area contributed by atoms with E-state index in [1.165, 1.54) is 11.0 Å². The number of halogens is 3. The molecule has 0 spiro atoms. The third kappa shape index (κ3) is 3.18. The van der Waals surface area contributed by atoms with E-state index in [1.807, 2.05) is 6.07 Å². The fraction of sp³-hybridized carbons (Fsp3) is 0.136. The fourth-order valence-electron chi connectivity index (χ4n) is 3.50. The van der Waals surface area contributed by atoms with Gasteiger partial charge in [0.15, 0.2) is 5.82 Å². The molecule has 3 heterocycles. The van der Waals surface area contributed by atoms with Crippen LogP contribution in [0.15, 0.2) is 67.0 Å². The lowest BCUT2D eigenvalue weighted by Gasteiger charge is -2.40. The van der Waals surface area contributed by atoms with Gasteiger partial charge >= 0.3 is 0 Å². The van der Waals surface area contributed by atoms with Gasteiger partial charge in [0.25, 0.3) is 5.92 Å². The number of anilines is 1. The second kappa shape index (κ2) is 6.55. The first-order chi connectivity index (χ1) is 14.0. The molecule has 1 aliphatic rings.